The monoisotopic (exact) mass is 262 g/mol. The molecule has 1 saturated heterocycles. The zero-order valence-electron chi connectivity index (χ0n) is 11.3. The Morgan fingerprint density at radius 2 is 2.05 bits per heavy atom. The van der Waals surface area contributed by atoms with E-state index in [0.717, 1.165) is 38.9 Å². The molecular weight excluding hydrogens is 240 g/mol. The maximum absolute atomic E-state index is 10.3. The molecule has 3 rings (SSSR count). The Labute approximate surface area is 114 Å². The van der Waals surface area contributed by atoms with E-state index in [4.69, 9.17) is 9.47 Å². The molecule has 2 aliphatic rings. The molecule has 1 aromatic rings. The number of aliphatic hydroxyl groups excluding tert-OH is 1. The lowest BCUT2D eigenvalue weighted by atomic mass is 9.91. The van der Waals surface area contributed by atoms with E-state index in [2.05, 4.69) is 18.2 Å². The van der Waals surface area contributed by atoms with E-state index in [9.17, 15) is 5.11 Å². The van der Waals surface area contributed by atoms with Gasteiger partial charge in [-0.15, -0.1) is 0 Å². The quantitative estimate of drug-likeness (QED) is 0.910. The molecule has 3 unspecified atom stereocenters. The minimum atomic E-state index is -0.420. The van der Waals surface area contributed by atoms with Gasteiger partial charge in [-0.25, -0.2) is 0 Å². The van der Waals surface area contributed by atoms with E-state index in [1.165, 1.54) is 11.1 Å². The van der Waals surface area contributed by atoms with Crippen molar-refractivity contribution in [2.75, 3.05) is 13.2 Å². The molecule has 1 N–H and O–H groups in total. The molecule has 0 aliphatic carbocycles. The van der Waals surface area contributed by atoms with Crippen LogP contribution in [0.2, 0.25) is 0 Å². The molecule has 19 heavy (non-hydrogen) atoms. The second kappa shape index (κ2) is 6.04. The third-order valence-electron chi connectivity index (χ3n) is 4.19. The maximum Gasteiger partial charge on any atom is 0.0853 e. The summed E-state index contributed by atoms with van der Waals surface area (Å²) in [6.45, 7) is 1.53. The lowest BCUT2D eigenvalue weighted by Gasteiger charge is -2.32. The molecule has 0 amide bonds. The van der Waals surface area contributed by atoms with Crippen LogP contribution in [0.4, 0.5) is 0 Å². The maximum atomic E-state index is 10.3. The van der Waals surface area contributed by atoms with E-state index in [1.54, 1.807) is 0 Å². The molecule has 1 fully saturated rings. The van der Waals surface area contributed by atoms with Crippen molar-refractivity contribution in [3.8, 4) is 0 Å². The van der Waals surface area contributed by atoms with Crippen molar-refractivity contribution >= 4 is 0 Å². The zero-order valence-corrected chi connectivity index (χ0v) is 11.3. The Hall–Kier alpha value is -0.900. The summed E-state index contributed by atoms with van der Waals surface area (Å²) < 4.78 is 11.5. The van der Waals surface area contributed by atoms with Crippen LogP contribution in [0.25, 0.3) is 0 Å². The Bertz CT molecular complexity index is 412. The average Bonchev–Trinajstić information content (AvgIpc) is 2.48. The molecule has 0 saturated carbocycles. The molecule has 0 bridgehead atoms. The van der Waals surface area contributed by atoms with Gasteiger partial charge in [0.2, 0.25) is 0 Å². The summed E-state index contributed by atoms with van der Waals surface area (Å²) in [5.74, 6) is 0. The van der Waals surface area contributed by atoms with E-state index >= 15 is 0 Å². The van der Waals surface area contributed by atoms with Crippen LogP contribution in [0.3, 0.4) is 0 Å². The number of hydrogen-bond acceptors (Lipinski definition) is 3. The topological polar surface area (TPSA) is 38.7 Å². The van der Waals surface area contributed by atoms with Crippen LogP contribution in [-0.2, 0) is 15.9 Å². The van der Waals surface area contributed by atoms with Crippen LogP contribution in [0, 0.1) is 0 Å². The van der Waals surface area contributed by atoms with Crippen LogP contribution in [-0.4, -0.2) is 30.5 Å². The molecule has 0 aromatic heterocycles. The summed E-state index contributed by atoms with van der Waals surface area (Å²) in [5, 5.41) is 10.3. The van der Waals surface area contributed by atoms with Crippen molar-refractivity contribution in [2.24, 2.45) is 0 Å². The largest absolute Gasteiger partial charge is 0.390 e. The summed E-state index contributed by atoms with van der Waals surface area (Å²) in [4.78, 5) is 0. The highest BCUT2D eigenvalue weighted by Crippen LogP contribution is 2.32. The van der Waals surface area contributed by atoms with Gasteiger partial charge < -0.3 is 14.6 Å². The van der Waals surface area contributed by atoms with Gasteiger partial charge in [-0.3, -0.25) is 0 Å². The minimum absolute atomic E-state index is 0.00793. The van der Waals surface area contributed by atoms with Crippen LogP contribution in [0.1, 0.15) is 42.9 Å². The molecule has 0 spiro atoms. The summed E-state index contributed by atoms with van der Waals surface area (Å²) in [6, 6.07) is 8.40. The zero-order chi connectivity index (χ0) is 13.1. The van der Waals surface area contributed by atoms with Crippen LogP contribution in [0.5, 0.6) is 0 Å². The van der Waals surface area contributed by atoms with Gasteiger partial charge >= 0.3 is 0 Å². The normalized spacial score (nSPS) is 28.7. The fourth-order valence-corrected chi connectivity index (χ4v) is 3.11. The van der Waals surface area contributed by atoms with Gasteiger partial charge in [-0.1, -0.05) is 24.3 Å². The van der Waals surface area contributed by atoms with Gasteiger partial charge in [-0.2, -0.15) is 0 Å². The third kappa shape index (κ3) is 2.99. The van der Waals surface area contributed by atoms with E-state index in [0.29, 0.717) is 6.42 Å². The fourth-order valence-electron chi connectivity index (χ4n) is 3.11. The summed E-state index contributed by atoms with van der Waals surface area (Å²) in [6.07, 6.45) is 4.45. The van der Waals surface area contributed by atoms with Gasteiger partial charge in [-0.05, 0) is 36.8 Å². The Morgan fingerprint density at radius 3 is 2.89 bits per heavy atom. The molecule has 0 radical (unpaired) electrons. The first-order chi connectivity index (χ1) is 9.34. The number of rotatable bonds is 3. The Balaban J connectivity index is 1.66. The second-order valence-electron chi connectivity index (χ2n) is 5.52. The van der Waals surface area contributed by atoms with E-state index < -0.39 is 6.10 Å². The number of hydrogen-bond donors (Lipinski definition) is 1. The molecule has 104 valence electrons. The van der Waals surface area contributed by atoms with Gasteiger partial charge in [0.05, 0.1) is 24.9 Å². The highest BCUT2D eigenvalue weighted by molar-refractivity contribution is 5.30. The highest BCUT2D eigenvalue weighted by Gasteiger charge is 2.28. The molecule has 3 atom stereocenters. The highest BCUT2D eigenvalue weighted by atomic mass is 16.5. The van der Waals surface area contributed by atoms with Crippen molar-refractivity contribution in [1.29, 1.82) is 0 Å². The predicted octanol–water partition coefficient (Wildman–Crippen LogP) is 2.62. The van der Waals surface area contributed by atoms with E-state index in [-0.39, 0.29) is 12.2 Å². The Morgan fingerprint density at radius 1 is 1.16 bits per heavy atom. The molecule has 3 nitrogen and oxygen atoms in total. The number of fused-ring (bicyclic) bond motifs is 1. The van der Waals surface area contributed by atoms with Gasteiger partial charge in [0, 0.05) is 13.0 Å². The van der Waals surface area contributed by atoms with Crippen molar-refractivity contribution in [3.05, 3.63) is 35.4 Å². The number of aliphatic hydroxyl groups is 1. The summed E-state index contributed by atoms with van der Waals surface area (Å²) >= 11 is 0. The van der Waals surface area contributed by atoms with Crippen LogP contribution >= 0.6 is 0 Å². The van der Waals surface area contributed by atoms with Gasteiger partial charge in [0.15, 0.2) is 0 Å². The SMILES string of the molecule is OC(CC1OCCc2ccccc21)C1CCCCO1. The average molecular weight is 262 g/mol. The van der Waals surface area contributed by atoms with Crippen molar-refractivity contribution < 1.29 is 14.6 Å². The first-order valence-electron chi connectivity index (χ1n) is 7.33. The van der Waals surface area contributed by atoms with Crippen molar-refractivity contribution in [3.63, 3.8) is 0 Å². The lowest BCUT2D eigenvalue weighted by molar-refractivity contribution is -0.0859. The standard InChI is InChI=1S/C16H22O3/c17-14(15-7-3-4-9-18-15)11-16-13-6-2-1-5-12(13)8-10-19-16/h1-2,5-6,14-17H,3-4,7-11H2. The molecule has 3 heteroatoms. The smallest absolute Gasteiger partial charge is 0.0853 e. The second-order valence-corrected chi connectivity index (χ2v) is 5.52. The summed E-state index contributed by atoms with van der Waals surface area (Å²) in [5.41, 5.74) is 2.60. The van der Waals surface area contributed by atoms with Crippen LogP contribution < -0.4 is 0 Å². The minimum Gasteiger partial charge on any atom is -0.390 e. The van der Waals surface area contributed by atoms with Crippen molar-refractivity contribution in [2.45, 2.75) is 50.4 Å². The fraction of sp³-hybridized carbons (Fsp3) is 0.625. The molecular formula is C16H22O3. The van der Waals surface area contributed by atoms with Crippen LogP contribution in [0.15, 0.2) is 24.3 Å². The summed E-state index contributed by atoms with van der Waals surface area (Å²) in [7, 11) is 0. The molecule has 2 heterocycles. The van der Waals surface area contributed by atoms with Gasteiger partial charge in [0.25, 0.3) is 0 Å². The number of ether oxygens (including phenoxy) is 2. The first-order valence-corrected chi connectivity index (χ1v) is 7.33. The predicted molar refractivity (Wildman–Crippen MR) is 73.1 cm³/mol. The van der Waals surface area contributed by atoms with E-state index in [1.807, 2.05) is 6.07 Å². The lowest BCUT2D eigenvalue weighted by Crippen LogP contribution is -2.34. The molecule has 1 aromatic carbocycles. The van der Waals surface area contributed by atoms with Crippen molar-refractivity contribution in [1.82, 2.24) is 0 Å². The first kappa shape index (κ1) is 13.1. The third-order valence-corrected chi connectivity index (χ3v) is 4.19. The number of benzene rings is 1. The van der Waals surface area contributed by atoms with Gasteiger partial charge in [0.1, 0.15) is 0 Å². The Kier molecular flexibility index (Phi) is 4.16. The molecule has 2 aliphatic heterocycles.